The number of aliphatic hydroxyl groups is 4. The quantitative estimate of drug-likeness (QED) is 0.521. The number of hydrogen-bond acceptors (Lipinski definition) is 6. The number of aliphatic hydroxyl groups excluding tert-OH is 4. The smallest absolute Gasteiger partial charge is 0.229 e. The summed E-state index contributed by atoms with van der Waals surface area (Å²) in [6.07, 6.45) is -4.90. The van der Waals surface area contributed by atoms with Gasteiger partial charge in [0.1, 0.15) is 30.2 Å². The maximum Gasteiger partial charge on any atom is 0.229 e. The Bertz CT molecular complexity index is 660. The summed E-state index contributed by atoms with van der Waals surface area (Å²) >= 11 is 3.37. The third-order valence-corrected chi connectivity index (χ3v) is 4.19. The van der Waals surface area contributed by atoms with E-state index < -0.39 is 37.3 Å². The van der Waals surface area contributed by atoms with Crippen molar-refractivity contribution in [3.05, 3.63) is 28.9 Å². The van der Waals surface area contributed by atoms with Crippen LogP contribution in [0.25, 0.3) is 10.9 Å². The van der Waals surface area contributed by atoms with Crippen LogP contribution in [0.3, 0.4) is 0 Å². The van der Waals surface area contributed by atoms with Crippen molar-refractivity contribution in [2.24, 2.45) is 0 Å². The maximum atomic E-state index is 9.99. The average Bonchev–Trinajstić information content (AvgIpc) is 2.90. The molecular formula is C14H16BrNO6. The van der Waals surface area contributed by atoms with Crippen LogP contribution in [0.1, 0.15) is 0 Å². The minimum Gasteiger partial charge on any atom is -0.460 e. The predicted octanol–water partition coefficient (Wildman–Crippen LogP) is 0.109. The summed E-state index contributed by atoms with van der Waals surface area (Å²) < 4.78 is 11.8. The lowest BCUT2D eigenvalue weighted by Gasteiger charge is -2.39. The number of benzene rings is 1. The molecule has 1 fully saturated rings. The fraction of sp³-hybridized carbons (Fsp3) is 0.429. The molecule has 0 spiro atoms. The van der Waals surface area contributed by atoms with Gasteiger partial charge in [-0.2, -0.15) is 0 Å². The lowest BCUT2D eigenvalue weighted by molar-refractivity contribution is -0.277. The van der Waals surface area contributed by atoms with Gasteiger partial charge >= 0.3 is 0 Å². The second kappa shape index (κ2) is 6.15. The van der Waals surface area contributed by atoms with Gasteiger partial charge in [-0.1, -0.05) is 15.9 Å². The van der Waals surface area contributed by atoms with E-state index in [1.807, 2.05) is 18.2 Å². The molecule has 0 radical (unpaired) electrons. The van der Waals surface area contributed by atoms with Gasteiger partial charge in [0.2, 0.25) is 6.29 Å². The topological polar surface area (TPSA) is 115 Å². The van der Waals surface area contributed by atoms with E-state index in [2.05, 4.69) is 20.9 Å². The van der Waals surface area contributed by atoms with Crippen molar-refractivity contribution in [2.45, 2.75) is 30.7 Å². The van der Waals surface area contributed by atoms with E-state index in [-0.39, 0.29) is 0 Å². The molecule has 1 aliphatic rings. The standard InChI is InChI=1S/C14H16BrNO6/c15-6-1-2-8-7(3-6)9(4-16-8)21-14-13(20)12(19)11(18)10(5-17)22-14/h1-4,10-14,16-20H,5H2/t10?,11-,12-,13-,14+/m0/s1. The Hall–Kier alpha value is -1.16. The number of ether oxygens (including phenoxy) is 2. The second-order valence-electron chi connectivity index (χ2n) is 5.16. The van der Waals surface area contributed by atoms with Gasteiger partial charge in [0.15, 0.2) is 0 Å². The molecule has 22 heavy (non-hydrogen) atoms. The van der Waals surface area contributed by atoms with Gasteiger partial charge in [-0.15, -0.1) is 0 Å². The van der Waals surface area contributed by atoms with E-state index >= 15 is 0 Å². The zero-order valence-electron chi connectivity index (χ0n) is 11.4. The van der Waals surface area contributed by atoms with Crippen LogP contribution in [0.4, 0.5) is 0 Å². The first kappa shape index (κ1) is 15.7. The number of aromatic nitrogens is 1. The summed E-state index contributed by atoms with van der Waals surface area (Å²) in [4.78, 5) is 3.02. The van der Waals surface area contributed by atoms with Crippen LogP contribution >= 0.6 is 15.9 Å². The molecule has 1 unspecified atom stereocenters. The predicted molar refractivity (Wildman–Crippen MR) is 80.4 cm³/mol. The molecule has 120 valence electrons. The second-order valence-corrected chi connectivity index (χ2v) is 6.07. The van der Waals surface area contributed by atoms with Gasteiger partial charge in [-0.3, -0.25) is 0 Å². The van der Waals surface area contributed by atoms with E-state index in [1.54, 1.807) is 6.20 Å². The third kappa shape index (κ3) is 2.73. The summed E-state index contributed by atoms with van der Waals surface area (Å²) in [5.41, 5.74) is 0.836. The minimum atomic E-state index is -1.46. The third-order valence-electron chi connectivity index (χ3n) is 3.70. The molecule has 7 nitrogen and oxygen atoms in total. The van der Waals surface area contributed by atoms with Crippen molar-refractivity contribution in [1.82, 2.24) is 4.98 Å². The van der Waals surface area contributed by atoms with E-state index in [0.29, 0.717) is 5.75 Å². The summed E-state index contributed by atoms with van der Waals surface area (Å²) in [6.45, 7) is -0.496. The van der Waals surface area contributed by atoms with Crippen molar-refractivity contribution in [3.63, 3.8) is 0 Å². The number of halogens is 1. The van der Waals surface area contributed by atoms with Crippen LogP contribution in [0, 0.1) is 0 Å². The minimum absolute atomic E-state index is 0.431. The van der Waals surface area contributed by atoms with Crippen molar-refractivity contribution >= 4 is 26.8 Å². The van der Waals surface area contributed by atoms with Gasteiger partial charge < -0.3 is 34.9 Å². The Balaban J connectivity index is 1.85. The molecule has 2 aromatic rings. The highest BCUT2D eigenvalue weighted by molar-refractivity contribution is 9.10. The number of aromatic amines is 1. The summed E-state index contributed by atoms with van der Waals surface area (Å²) in [7, 11) is 0. The van der Waals surface area contributed by atoms with E-state index in [1.165, 1.54) is 0 Å². The highest BCUT2D eigenvalue weighted by atomic mass is 79.9. The SMILES string of the molecule is OCC1O[C@@H](Oc2c[nH]c3ccc(Br)cc23)[C@@H](O)[C@@H](O)[C@H]1O. The molecule has 0 bridgehead atoms. The molecule has 2 heterocycles. The number of H-pyrrole nitrogens is 1. The number of hydrogen-bond donors (Lipinski definition) is 5. The highest BCUT2D eigenvalue weighted by Crippen LogP contribution is 2.31. The first-order valence-electron chi connectivity index (χ1n) is 6.75. The van der Waals surface area contributed by atoms with Crippen molar-refractivity contribution in [3.8, 4) is 5.75 Å². The number of nitrogens with one attached hydrogen (secondary N) is 1. The molecule has 5 N–H and O–H groups in total. The van der Waals surface area contributed by atoms with Gasteiger partial charge in [0, 0.05) is 21.6 Å². The Morgan fingerprint density at radius 2 is 1.95 bits per heavy atom. The zero-order valence-corrected chi connectivity index (χ0v) is 13.0. The molecule has 1 saturated heterocycles. The van der Waals surface area contributed by atoms with Crippen LogP contribution in [0.5, 0.6) is 5.75 Å². The first-order chi connectivity index (χ1) is 10.5. The molecular weight excluding hydrogens is 358 g/mol. The molecule has 1 aromatic carbocycles. The first-order valence-corrected chi connectivity index (χ1v) is 7.54. The molecule has 5 atom stereocenters. The van der Waals surface area contributed by atoms with E-state index in [9.17, 15) is 20.4 Å². The van der Waals surface area contributed by atoms with Gasteiger partial charge in [0.05, 0.1) is 6.61 Å². The summed E-state index contributed by atoms with van der Waals surface area (Å²) in [6, 6.07) is 5.57. The number of fused-ring (bicyclic) bond motifs is 1. The van der Waals surface area contributed by atoms with E-state index in [4.69, 9.17) is 9.47 Å². The molecule has 0 aliphatic carbocycles. The molecule has 0 saturated carbocycles. The number of rotatable bonds is 3. The fourth-order valence-corrected chi connectivity index (χ4v) is 2.82. The van der Waals surface area contributed by atoms with Crippen molar-refractivity contribution < 1.29 is 29.9 Å². The lowest BCUT2D eigenvalue weighted by atomic mass is 9.99. The summed E-state index contributed by atoms with van der Waals surface area (Å²) in [5, 5.41) is 39.4. The fourth-order valence-electron chi connectivity index (χ4n) is 2.45. The van der Waals surface area contributed by atoms with Gasteiger partial charge in [0.25, 0.3) is 0 Å². The van der Waals surface area contributed by atoms with Gasteiger partial charge in [-0.25, -0.2) is 0 Å². The average molecular weight is 374 g/mol. The molecule has 1 aromatic heterocycles. The Morgan fingerprint density at radius 1 is 1.18 bits per heavy atom. The Kier molecular flexibility index (Phi) is 4.40. The van der Waals surface area contributed by atoms with Crippen LogP contribution in [0.15, 0.2) is 28.9 Å². The lowest BCUT2D eigenvalue weighted by Crippen LogP contribution is -2.60. The van der Waals surface area contributed by atoms with Crippen molar-refractivity contribution in [1.29, 1.82) is 0 Å². The van der Waals surface area contributed by atoms with Crippen molar-refractivity contribution in [2.75, 3.05) is 6.61 Å². The highest BCUT2D eigenvalue weighted by Gasteiger charge is 2.44. The Morgan fingerprint density at radius 3 is 2.68 bits per heavy atom. The molecule has 8 heteroatoms. The van der Waals surface area contributed by atoms with Gasteiger partial charge in [-0.05, 0) is 18.2 Å². The van der Waals surface area contributed by atoms with Crippen LogP contribution < -0.4 is 4.74 Å². The largest absolute Gasteiger partial charge is 0.460 e. The van der Waals surface area contributed by atoms with Crippen LogP contribution in [0.2, 0.25) is 0 Å². The molecule has 1 aliphatic heterocycles. The monoisotopic (exact) mass is 373 g/mol. The molecule has 0 amide bonds. The van der Waals surface area contributed by atoms with E-state index in [0.717, 1.165) is 15.4 Å². The summed E-state index contributed by atoms with van der Waals surface area (Å²) in [5.74, 6) is 0.431. The van der Waals surface area contributed by atoms with Crippen LogP contribution in [-0.4, -0.2) is 62.7 Å². The van der Waals surface area contributed by atoms with Crippen LogP contribution in [-0.2, 0) is 4.74 Å². The normalized spacial score (nSPS) is 32.3. The Labute approximate surface area is 134 Å². The maximum absolute atomic E-state index is 9.99. The molecule has 3 rings (SSSR count). The zero-order chi connectivity index (χ0) is 15.9.